The van der Waals surface area contributed by atoms with E-state index < -0.39 is 5.41 Å². The maximum Gasteiger partial charge on any atom is 0.270 e. The Morgan fingerprint density at radius 1 is 0.953 bits per heavy atom. The Morgan fingerprint density at radius 2 is 1.63 bits per heavy atom. The highest BCUT2D eigenvalue weighted by Crippen LogP contribution is 2.47. The first-order chi connectivity index (χ1) is 20.8. The highest BCUT2D eigenvalue weighted by molar-refractivity contribution is 6.17. The fraction of sp³-hybridized carbons (Fsp3) is 0.312. The summed E-state index contributed by atoms with van der Waals surface area (Å²) in [6, 6.07) is 17.8. The van der Waals surface area contributed by atoms with Gasteiger partial charge in [-0.15, -0.1) is 0 Å². The Hall–Kier alpha value is -5.24. The van der Waals surface area contributed by atoms with Crippen LogP contribution in [0.15, 0.2) is 60.8 Å². The molecule has 3 amide bonds. The molecule has 0 aliphatic heterocycles. The van der Waals surface area contributed by atoms with Crippen molar-refractivity contribution in [1.29, 1.82) is 5.26 Å². The van der Waals surface area contributed by atoms with Gasteiger partial charge in [-0.25, -0.2) is 4.98 Å². The van der Waals surface area contributed by atoms with E-state index in [9.17, 15) is 14.4 Å². The van der Waals surface area contributed by atoms with Crippen LogP contribution >= 0.6 is 0 Å². The molecule has 0 unspecified atom stereocenters. The number of carbonyl (C=O) groups is 3. The van der Waals surface area contributed by atoms with Crippen molar-refractivity contribution in [1.82, 2.24) is 19.4 Å². The van der Waals surface area contributed by atoms with Gasteiger partial charge in [0.05, 0.1) is 11.6 Å². The maximum atomic E-state index is 13.1. The third-order valence-corrected chi connectivity index (χ3v) is 8.16. The number of anilines is 4. The minimum Gasteiger partial charge on any atom is -0.343 e. The average molecular weight is 577 g/mol. The van der Waals surface area contributed by atoms with E-state index in [2.05, 4.69) is 25.5 Å². The second kappa shape index (κ2) is 11.2. The van der Waals surface area contributed by atoms with Gasteiger partial charge in [0, 0.05) is 48.8 Å². The average Bonchev–Trinajstić information content (AvgIpc) is 3.49. The van der Waals surface area contributed by atoms with Gasteiger partial charge in [-0.1, -0.05) is 18.9 Å². The van der Waals surface area contributed by atoms with Crippen LogP contribution in [0.2, 0.25) is 0 Å². The van der Waals surface area contributed by atoms with Crippen molar-refractivity contribution in [3.05, 3.63) is 72.1 Å². The molecule has 2 aromatic carbocycles. The van der Waals surface area contributed by atoms with E-state index >= 15 is 0 Å². The van der Waals surface area contributed by atoms with Crippen LogP contribution in [0.4, 0.5) is 23.0 Å². The number of fused-ring (bicyclic) bond motifs is 1. The molecule has 2 aromatic heterocycles. The summed E-state index contributed by atoms with van der Waals surface area (Å²) in [5.41, 5.74) is 2.40. The summed E-state index contributed by atoms with van der Waals surface area (Å²) in [7, 11) is 3.50. The molecule has 2 aliphatic carbocycles. The first-order valence-corrected chi connectivity index (χ1v) is 14.4. The molecule has 4 aromatic rings. The highest BCUT2D eigenvalue weighted by atomic mass is 16.2. The van der Waals surface area contributed by atoms with Gasteiger partial charge >= 0.3 is 0 Å². The van der Waals surface area contributed by atoms with Gasteiger partial charge < -0.3 is 25.4 Å². The smallest absolute Gasteiger partial charge is 0.270 e. The van der Waals surface area contributed by atoms with Crippen molar-refractivity contribution < 1.29 is 14.4 Å². The molecule has 0 bridgehead atoms. The molecular formula is C32H32N8O3. The summed E-state index contributed by atoms with van der Waals surface area (Å²) in [6.45, 7) is 0. The fourth-order valence-corrected chi connectivity index (χ4v) is 5.61. The molecule has 43 heavy (non-hydrogen) atoms. The number of carbonyl (C=O) groups excluding carboxylic acids is 3. The number of benzene rings is 2. The van der Waals surface area contributed by atoms with E-state index in [1.807, 2.05) is 12.1 Å². The molecule has 2 saturated carbocycles. The zero-order valence-corrected chi connectivity index (χ0v) is 24.1. The van der Waals surface area contributed by atoms with Gasteiger partial charge in [0.2, 0.25) is 17.8 Å². The molecule has 2 aliphatic rings. The molecule has 218 valence electrons. The van der Waals surface area contributed by atoms with Crippen LogP contribution in [0.5, 0.6) is 0 Å². The van der Waals surface area contributed by atoms with E-state index in [0.717, 1.165) is 42.4 Å². The Bertz CT molecular complexity index is 1760. The molecule has 6 rings (SSSR count). The molecule has 11 nitrogen and oxygen atoms in total. The van der Waals surface area contributed by atoms with Crippen LogP contribution in [-0.4, -0.2) is 51.3 Å². The van der Waals surface area contributed by atoms with Crippen molar-refractivity contribution in [2.45, 2.75) is 44.6 Å². The van der Waals surface area contributed by atoms with Gasteiger partial charge in [0.1, 0.15) is 16.8 Å². The predicted molar refractivity (Wildman–Crippen MR) is 163 cm³/mol. The SMILES string of the molecule is CN(C)C(=O)c1cc2cnc(Nc3ccc(NC(=O)C4(C(=O)Nc5cccc(C#N)c5)CC4)cc3)nc2n1C1CCCC1. The Kier molecular flexibility index (Phi) is 7.27. The zero-order chi connectivity index (χ0) is 30.1. The van der Waals surface area contributed by atoms with Crippen LogP contribution in [0.3, 0.4) is 0 Å². The summed E-state index contributed by atoms with van der Waals surface area (Å²) < 4.78 is 2.07. The van der Waals surface area contributed by atoms with Gasteiger partial charge in [-0.05, 0) is 74.2 Å². The van der Waals surface area contributed by atoms with Crippen molar-refractivity contribution in [3.63, 3.8) is 0 Å². The molecular weight excluding hydrogens is 544 g/mol. The third kappa shape index (κ3) is 5.51. The number of nitriles is 1. The third-order valence-electron chi connectivity index (χ3n) is 8.16. The van der Waals surface area contributed by atoms with Crippen molar-refractivity contribution in [2.75, 3.05) is 30.0 Å². The van der Waals surface area contributed by atoms with E-state index in [4.69, 9.17) is 10.2 Å². The van der Waals surface area contributed by atoms with Crippen LogP contribution in [0.25, 0.3) is 11.0 Å². The molecule has 2 fully saturated rings. The van der Waals surface area contributed by atoms with Gasteiger partial charge in [0.25, 0.3) is 5.91 Å². The largest absolute Gasteiger partial charge is 0.343 e. The number of aromatic nitrogens is 3. The standard InChI is InChI=1S/C32H32N8O3/c1-39(2)28(41)26-17-21-19-34-31(38-27(21)40(26)25-8-3-4-9-25)37-23-12-10-22(11-13-23)35-29(42)32(14-15-32)30(43)36-24-7-5-6-20(16-24)18-33/h5-7,10-13,16-17,19,25H,3-4,8-9,14-15H2,1-2H3,(H,35,42)(H,36,43)(H,34,37,38). The van der Waals surface area contributed by atoms with E-state index in [1.165, 1.54) is 0 Å². The van der Waals surface area contributed by atoms with Gasteiger partial charge in [-0.3, -0.25) is 14.4 Å². The summed E-state index contributed by atoms with van der Waals surface area (Å²) in [6.07, 6.45) is 6.90. The van der Waals surface area contributed by atoms with Crippen LogP contribution in [0, 0.1) is 16.7 Å². The summed E-state index contributed by atoms with van der Waals surface area (Å²) in [5, 5.41) is 18.8. The summed E-state index contributed by atoms with van der Waals surface area (Å²) in [4.78, 5) is 49.9. The van der Waals surface area contributed by atoms with E-state index in [0.29, 0.717) is 41.4 Å². The van der Waals surface area contributed by atoms with Crippen LogP contribution in [-0.2, 0) is 9.59 Å². The van der Waals surface area contributed by atoms with E-state index in [-0.39, 0.29) is 23.8 Å². The number of hydrogen-bond donors (Lipinski definition) is 3. The Morgan fingerprint density at radius 3 is 2.28 bits per heavy atom. The molecule has 0 saturated heterocycles. The molecule has 0 atom stereocenters. The Labute approximate surface area is 248 Å². The molecule has 3 N–H and O–H groups in total. The van der Waals surface area contributed by atoms with Crippen LogP contribution < -0.4 is 16.0 Å². The molecule has 2 heterocycles. The van der Waals surface area contributed by atoms with Gasteiger partial charge in [-0.2, -0.15) is 10.2 Å². The quantitative estimate of drug-likeness (QED) is 0.244. The number of amides is 3. The summed E-state index contributed by atoms with van der Waals surface area (Å²) in [5.74, 6) is -0.411. The first-order valence-electron chi connectivity index (χ1n) is 14.4. The van der Waals surface area contributed by atoms with Crippen LogP contribution in [0.1, 0.15) is 60.6 Å². The second-order valence-electron chi connectivity index (χ2n) is 11.4. The monoisotopic (exact) mass is 576 g/mol. The zero-order valence-electron chi connectivity index (χ0n) is 24.1. The number of rotatable bonds is 8. The lowest BCUT2D eigenvalue weighted by Gasteiger charge is -2.19. The summed E-state index contributed by atoms with van der Waals surface area (Å²) >= 11 is 0. The number of nitrogens with zero attached hydrogens (tertiary/aromatic N) is 5. The predicted octanol–water partition coefficient (Wildman–Crippen LogP) is 5.22. The maximum absolute atomic E-state index is 13.1. The molecule has 11 heteroatoms. The normalized spacial score (nSPS) is 15.5. The molecule has 0 spiro atoms. The number of hydrogen-bond acceptors (Lipinski definition) is 7. The Balaban J connectivity index is 1.15. The van der Waals surface area contributed by atoms with Crippen molar-refractivity contribution >= 4 is 51.8 Å². The lowest BCUT2D eigenvalue weighted by Crippen LogP contribution is -2.35. The highest BCUT2D eigenvalue weighted by Gasteiger charge is 2.56. The minimum atomic E-state index is -1.14. The van der Waals surface area contributed by atoms with Gasteiger partial charge in [0.15, 0.2) is 0 Å². The molecule has 0 radical (unpaired) electrons. The number of nitrogens with one attached hydrogen (secondary N) is 3. The fourth-order valence-electron chi connectivity index (χ4n) is 5.61. The topological polar surface area (TPSA) is 145 Å². The lowest BCUT2D eigenvalue weighted by atomic mass is 10.0. The second-order valence-corrected chi connectivity index (χ2v) is 11.4. The van der Waals surface area contributed by atoms with Crippen molar-refractivity contribution in [2.24, 2.45) is 5.41 Å². The minimum absolute atomic E-state index is 0.0595. The first kappa shape index (κ1) is 27.9. The van der Waals surface area contributed by atoms with Crippen molar-refractivity contribution in [3.8, 4) is 6.07 Å². The lowest BCUT2D eigenvalue weighted by molar-refractivity contribution is -0.131. The van der Waals surface area contributed by atoms with E-state index in [1.54, 1.807) is 73.7 Å².